The van der Waals surface area contributed by atoms with Crippen molar-refractivity contribution in [1.29, 1.82) is 0 Å². The molecule has 1 aromatic rings. The van der Waals surface area contributed by atoms with Gasteiger partial charge in [0.2, 0.25) is 0 Å². The fraction of sp³-hybridized carbons (Fsp3) is 0.588. The van der Waals surface area contributed by atoms with Gasteiger partial charge in [-0.15, -0.1) is 0 Å². The fourth-order valence-corrected chi connectivity index (χ4v) is 4.18. The summed E-state index contributed by atoms with van der Waals surface area (Å²) in [5.41, 5.74) is 6.41. The molecule has 0 unspecified atom stereocenters. The van der Waals surface area contributed by atoms with Gasteiger partial charge in [0, 0.05) is 19.3 Å². The Balaban J connectivity index is 2.14. The first kappa shape index (κ1) is 18.6. The van der Waals surface area contributed by atoms with Gasteiger partial charge in [0.15, 0.2) is 9.84 Å². The van der Waals surface area contributed by atoms with Gasteiger partial charge < -0.3 is 15.4 Å². The van der Waals surface area contributed by atoms with Gasteiger partial charge in [-0.25, -0.2) is 13.2 Å². The number of sulfone groups is 1. The summed E-state index contributed by atoms with van der Waals surface area (Å²) in [4.78, 5) is 14.0. The zero-order valence-corrected chi connectivity index (χ0v) is 15.5. The van der Waals surface area contributed by atoms with Crippen LogP contribution in [-0.2, 0) is 14.6 Å². The van der Waals surface area contributed by atoms with Gasteiger partial charge in [-0.1, -0.05) is 12.1 Å². The van der Waals surface area contributed by atoms with Gasteiger partial charge in [0.05, 0.1) is 10.6 Å². The number of carbonyl (C=O) groups is 1. The second kappa shape index (κ2) is 6.63. The van der Waals surface area contributed by atoms with Gasteiger partial charge >= 0.3 is 6.09 Å². The Labute approximate surface area is 143 Å². The third-order valence-electron chi connectivity index (χ3n) is 4.03. The summed E-state index contributed by atoms with van der Waals surface area (Å²) in [6.07, 6.45) is 2.23. The maximum atomic E-state index is 12.1. The first-order chi connectivity index (χ1) is 11.0. The van der Waals surface area contributed by atoms with Crippen molar-refractivity contribution in [3.05, 3.63) is 23.8 Å². The maximum absolute atomic E-state index is 12.1. The summed E-state index contributed by atoms with van der Waals surface area (Å²) < 4.78 is 29.6. The number of carbonyl (C=O) groups excluding carboxylic acids is 1. The minimum absolute atomic E-state index is 0.0666. The highest BCUT2D eigenvalue weighted by molar-refractivity contribution is 7.91. The minimum atomic E-state index is -3.40. The van der Waals surface area contributed by atoms with Crippen molar-refractivity contribution in [3.63, 3.8) is 0 Å². The highest BCUT2D eigenvalue weighted by Crippen LogP contribution is 2.35. The van der Waals surface area contributed by atoms with Crippen LogP contribution in [0.4, 0.5) is 10.5 Å². The molecule has 1 aliphatic heterocycles. The number of nitrogens with zero attached hydrogens (tertiary/aromatic N) is 1. The molecule has 6 nitrogen and oxygen atoms in total. The van der Waals surface area contributed by atoms with E-state index in [1.54, 1.807) is 17.0 Å². The molecule has 0 aliphatic carbocycles. The van der Waals surface area contributed by atoms with Crippen molar-refractivity contribution in [2.75, 3.05) is 25.1 Å². The van der Waals surface area contributed by atoms with E-state index in [-0.39, 0.29) is 22.6 Å². The molecule has 1 aliphatic rings. The number of nitrogens with two attached hydrogens (primary N) is 1. The predicted molar refractivity (Wildman–Crippen MR) is 93.7 cm³/mol. The maximum Gasteiger partial charge on any atom is 0.410 e. The molecule has 24 heavy (non-hydrogen) atoms. The van der Waals surface area contributed by atoms with Crippen LogP contribution < -0.4 is 5.73 Å². The van der Waals surface area contributed by atoms with Crippen LogP contribution in [0, 0.1) is 0 Å². The highest BCUT2D eigenvalue weighted by atomic mass is 32.2. The average molecular weight is 354 g/mol. The van der Waals surface area contributed by atoms with E-state index in [1.807, 2.05) is 26.8 Å². The number of hydrogen-bond donors (Lipinski definition) is 1. The number of anilines is 1. The van der Waals surface area contributed by atoms with Crippen LogP contribution in [0.25, 0.3) is 0 Å². The van der Waals surface area contributed by atoms with E-state index in [0.717, 1.165) is 5.56 Å². The molecule has 134 valence electrons. The first-order valence-electron chi connectivity index (χ1n) is 8.05. The number of rotatable bonds is 2. The van der Waals surface area contributed by atoms with E-state index in [2.05, 4.69) is 0 Å². The molecule has 7 heteroatoms. The average Bonchev–Trinajstić information content (AvgIpc) is 2.44. The zero-order chi connectivity index (χ0) is 18.1. The van der Waals surface area contributed by atoms with E-state index in [1.165, 1.54) is 6.26 Å². The van der Waals surface area contributed by atoms with Crippen LogP contribution in [-0.4, -0.2) is 44.4 Å². The summed E-state index contributed by atoms with van der Waals surface area (Å²) in [6, 6.07) is 5.20. The zero-order valence-electron chi connectivity index (χ0n) is 14.7. The van der Waals surface area contributed by atoms with E-state index in [9.17, 15) is 13.2 Å². The molecule has 0 saturated carbocycles. The number of benzene rings is 1. The number of nitrogen functional groups attached to an aromatic ring is 1. The Morgan fingerprint density at radius 2 is 1.83 bits per heavy atom. The molecule has 1 amide bonds. The monoisotopic (exact) mass is 354 g/mol. The lowest BCUT2D eigenvalue weighted by atomic mass is 9.89. The smallest absolute Gasteiger partial charge is 0.410 e. The molecule has 1 aromatic carbocycles. The van der Waals surface area contributed by atoms with Crippen LogP contribution in [0.2, 0.25) is 0 Å². The Morgan fingerprint density at radius 1 is 1.25 bits per heavy atom. The summed E-state index contributed by atoms with van der Waals surface area (Å²) in [5.74, 6) is 0.0666. The molecule has 0 bridgehead atoms. The number of hydrogen-bond acceptors (Lipinski definition) is 5. The number of likely N-dealkylation sites (tertiary alicyclic amines) is 1. The predicted octanol–water partition coefficient (Wildman–Crippen LogP) is 2.79. The Hall–Kier alpha value is -1.76. The molecule has 1 heterocycles. The first-order valence-corrected chi connectivity index (χ1v) is 9.94. The Kier molecular flexibility index (Phi) is 5.13. The summed E-state index contributed by atoms with van der Waals surface area (Å²) in [6.45, 7) is 6.59. The van der Waals surface area contributed by atoms with Gasteiger partial charge in [-0.05, 0) is 51.2 Å². The molecule has 1 saturated heterocycles. The standard InChI is InChI=1S/C17H26N2O4S/c1-17(2,3)23-16(20)19-10-8-12(9-11-19)13-6-5-7-14(18)15(13)24(4,21)22/h5-7,12H,8-11,18H2,1-4H3. The topological polar surface area (TPSA) is 89.7 Å². The van der Waals surface area contributed by atoms with E-state index < -0.39 is 15.4 Å². The van der Waals surface area contributed by atoms with Crippen LogP contribution in [0.5, 0.6) is 0 Å². The molecule has 1 fully saturated rings. The minimum Gasteiger partial charge on any atom is -0.444 e. The second-order valence-corrected chi connectivity index (χ2v) is 9.23. The Morgan fingerprint density at radius 3 is 2.33 bits per heavy atom. The quantitative estimate of drug-likeness (QED) is 0.825. The van der Waals surface area contributed by atoms with Crippen LogP contribution in [0.3, 0.4) is 0 Å². The molecular formula is C17H26N2O4S. The van der Waals surface area contributed by atoms with Crippen molar-refractivity contribution in [2.24, 2.45) is 0 Å². The molecule has 0 atom stereocenters. The van der Waals surface area contributed by atoms with Crippen molar-refractivity contribution < 1.29 is 17.9 Å². The van der Waals surface area contributed by atoms with Crippen molar-refractivity contribution in [3.8, 4) is 0 Å². The van der Waals surface area contributed by atoms with Crippen molar-refractivity contribution in [2.45, 2.75) is 50.0 Å². The molecular weight excluding hydrogens is 328 g/mol. The lowest BCUT2D eigenvalue weighted by molar-refractivity contribution is 0.0204. The van der Waals surface area contributed by atoms with Gasteiger partial charge in [-0.3, -0.25) is 0 Å². The SMILES string of the molecule is CC(C)(C)OC(=O)N1CCC(c2cccc(N)c2S(C)(=O)=O)CC1. The third-order valence-corrected chi connectivity index (χ3v) is 5.25. The lowest BCUT2D eigenvalue weighted by Gasteiger charge is -2.34. The van der Waals surface area contributed by atoms with Gasteiger partial charge in [0.1, 0.15) is 5.60 Å². The van der Waals surface area contributed by atoms with E-state index >= 15 is 0 Å². The number of piperidine rings is 1. The van der Waals surface area contributed by atoms with Gasteiger partial charge in [0.25, 0.3) is 0 Å². The number of ether oxygens (including phenoxy) is 1. The third kappa shape index (κ3) is 4.41. The fourth-order valence-electron chi connectivity index (χ4n) is 3.02. The normalized spacial score (nSPS) is 16.9. The van der Waals surface area contributed by atoms with Crippen molar-refractivity contribution >= 4 is 21.6 Å². The van der Waals surface area contributed by atoms with Crippen LogP contribution in [0.1, 0.15) is 45.1 Å². The largest absolute Gasteiger partial charge is 0.444 e. The van der Waals surface area contributed by atoms with Gasteiger partial charge in [-0.2, -0.15) is 0 Å². The summed E-state index contributed by atoms with van der Waals surface area (Å²) >= 11 is 0. The molecule has 2 rings (SSSR count). The van der Waals surface area contributed by atoms with Crippen molar-refractivity contribution in [1.82, 2.24) is 4.90 Å². The van der Waals surface area contributed by atoms with Crippen LogP contribution in [0.15, 0.2) is 23.1 Å². The summed E-state index contributed by atoms with van der Waals surface area (Å²) in [7, 11) is -3.40. The van der Waals surface area contributed by atoms with E-state index in [0.29, 0.717) is 25.9 Å². The van der Waals surface area contributed by atoms with Crippen LogP contribution >= 0.6 is 0 Å². The Bertz CT molecular complexity index is 715. The number of amides is 1. The molecule has 0 aromatic heterocycles. The summed E-state index contributed by atoms with van der Waals surface area (Å²) in [5, 5.41) is 0. The molecule has 0 spiro atoms. The molecule has 0 radical (unpaired) electrons. The highest BCUT2D eigenvalue weighted by Gasteiger charge is 2.30. The van der Waals surface area contributed by atoms with E-state index in [4.69, 9.17) is 10.5 Å². The second-order valence-electron chi connectivity index (χ2n) is 7.28. The molecule has 2 N–H and O–H groups in total. The lowest BCUT2D eigenvalue weighted by Crippen LogP contribution is -2.41.